The molecule has 0 spiro atoms. The van der Waals surface area contributed by atoms with Crippen LogP contribution in [0.3, 0.4) is 0 Å². The number of aromatic hydroxyl groups is 1. The SMILES string of the molecule is CC(C)(CO)[C@@H](N)c1cc(N)ccc1O. The molecule has 84 valence electrons. The van der Waals surface area contributed by atoms with E-state index >= 15 is 0 Å². The van der Waals surface area contributed by atoms with Crippen molar-refractivity contribution in [2.24, 2.45) is 11.1 Å². The van der Waals surface area contributed by atoms with E-state index in [1.165, 1.54) is 6.07 Å². The number of rotatable bonds is 3. The Morgan fingerprint density at radius 3 is 2.53 bits per heavy atom. The molecule has 1 aromatic carbocycles. The predicted octanol–water partition coefficient (Wildman–Crippen LogP) is 0.993. The van der Waals surface area contributed by atoms with E-state index in [1.807, 2.05) is 13.8 Å². The molecule has 0 heterocycles. The number of phenolic OH excluding ortho intramolecular Hbond substituents is 1. The fraction of sp³-hybridized carbons (Fsp3) is 0.455. The molecule has 1 rings (SSSR count). The van der Waals surface area contributed by atoms with Crippen LogP contribution >= 0.6 is 0 Å². The highest BCUT2D eigenvalue weighted by Crippen LogP contribution is 2.35. The molecule has 4 nitrogen and oxygen atoms in total. The average Bonchev–Trinajstić information content (AvgIpc) is 2.20. The highest BCUT2D eigenvalue weighted by Gasteiger charge is 2.28. The lowest BCUT2D eigenvalue weighted by Gasteiger charge is -2.30. The third kappa shape index (κ3) is 2.40. The van der Waals surface area contributed by atoms with Crippen LogP contribution in [0.4, 0.5) is 5.69 Å². The molecule has 6 N–H and O–H groups in total. The molecule has 0 radical (unpaired) electrons. The highest BCUT2D eigenvalue weighted by atomic mass is 16.3. The van der Waals surface area contributed by atoms with E-state index in [-0.39, 0.29) is 12.4 Å². The summed E-state index contributed by atoms with van der Waals surface area (Å²) in [4.78, 5) is 0. The van der Waals surface area contributed by atoms with E-state index in [2.05, 4.69) is 0 Å². The first-order chi connectivity index (χ1) is 6.88. The molecule has 0 fully saturated rings. The zero-order chi connectivity index (χ0) is 11.6. The van der Waals surface area contributed by atoms with Gasteiger partial charge in [-0.2, -0.15) is 0 Å². The van der Waals surface area contributed by atoms with Crippen molar-refractivity contribution in [3.63, 3.8) is 0 Å². The van der Waals surface area contributed by atoms with Gasteiger partial charge in [0.2, 0.25) is 0 Å². The summed E-state index contributed by atoms with van der Waals surface area (Å²) in [6.07, 6.45) is 0. The first-order valence-electron chi connectivity index (χ1n) is 4.83. The number of anilines is 1. The number of aliphatic hydroxyl groups excluding tert-OH is 1. The second kappa shape index (κ2) is 4.08. The summed E-state index contributed by atoms with van der Waals surface area (Å²) in [6.45, 7) is 3.61. The van der Waals surface area contributed by atoms with Gasteiger partial charge in [-0.05, 0) is 18.2 Å². The van der Waals surface area contributed by atoms with Gasteiger partial charge in [0, 0.05) is 29.3 Å². The summed E-state index contributed by atoms with van der Waals surface area (Å²) in [5, 5.41) is 18.8. The number of phenols is 1. The van der Waals surface area contributed by atoms with Crippen LogP contribution < -0.4 is 11.5 Å². The molecular formula is C11H18N2O2. The third-order valence-electron chi connectivity index (χ3n) is 2.64. The Hall–Kier alpha value is -1.26. The lowest BCUT2D eigenvalue weighted by Crippen LogP contribution is -2.32. The molecule has 0 aromatic heterocycles. The summed E-state index contributed by atoms with van der Waals surface area (Å²) in [7, 11) is 0. The summed E-state index contributed by atoms with van der Waals surface area (Å²) < 4.78 is 0. The van der Waals surface area contributed by atoms with Crippen LogP contribution in [0.1, 0.15) is 25.5 Å². The Labute approximate surface area is 89.5 Å². The molecule has 0 amide bonds. The van der Waals surface area contributed by atoms with Gasteiger partial charge >= 0.3 is 0 Å². The fourth-order valence-corrected chi connectivity index (χ4v) is 1.34. The van der Waals surface area contributed by atoms with Crippen molar-refractivity contribution in [1.29, 1.82) is 0 Å². The summed E-state index contributed by atoms with van der Waals surface area (Å²) in [6, 6.07) is 4.30. The molecule has 0 bridgehead atoms. The minimum Gasteiger partial charge on any atom is -0.508 e. The van der Waals surface area contributed by atoms with Crippen LogP contribution in [-0.2, 0) is 0 Å². The number of hydrogen-bond donors (Lipinski definition) is 4. The van der Waals surface area contributed by atoms with Gasteiger partial charge in [0.1, 0.15) is 5.75 Å². The van der Waals surface area contributed by atoms with Crippen molar-refractivity contribution in [1.82, 2.24) is 0 Å². The molecule has 0 aliphatic heterocycles. The maximum Gasteiger partial charge on any atom is 0.120 e. The standard InChI is InChI=1S/C11H18N2O2/c1-11(2,6-14)10(13)8-5-7(12)3-4-9(8)15/h3-5,10,14-15H,6,12-13H2,1-2H3/t10-/m0/s1. The molecule has 1 aromatic rings. The zero-order valence-electron chi connectivity index (χ0n) is 9.07. The zero-order valence-corrected chi connectivity index (χ0v) is 9.07. The van der Waals surface area contributed by atoms with Crippen molar-refractivity contribution >= 4 is 5.69 Å². The van der Waals surface area contributed by atoms with Crippen LogP contribution in [0.15, 0.2) is 18.2 Å². The average molecular weight is 210 g/mol. The Morgan fingerprint density at radius 1 is 1.40 bits per heavy atom. The van der Waals surface area contributed by atoms with Gasteiger partial charge < -0.3 is 21.7 Å². The van der Waals surface area contributed by atoms with Crippen molar-refractivity contribution in [3.05, 3.63) is 23.8 Å². The smallest absolute Gasteiger partial charge is 0.120 e. The number of nitrogens with two attached hydrogens (primary N) is 2. The van der Waals surface area contributed by atoms with Crippen LogP contribution in [-0.4, -0.2) is 16.8 Å². The molecule has 0 aliphatic rings. The Kier molecular flexibility index (Phi) is 3.21. The summed E-state index contributed by atoms with van der Waals surface area (Å²) in [5.41, 5.74) is 12.2. The number of benzene rings is 1. The van der Waals surface area contributed by atoms with E-state index in [0.717, 1.165) is 0 Å². The predicted molar refractivity (Wildman–Crippen MR) is 60.3 cm³/mol. The second-order valence-corrected chi connectivity index (χ2v) is 4.44. The van der Waals surface area contributed by atoms with Gasteiger partial charge in [-0.3, -0.25) is 0 Å². The van der Waals surface area contributed by atoms with Gasteiger partial charge in [0.15, 0.2) is 0 Å². The topological polar surface area (TPSA) is 92.5 Å². The summed E-state index contributed by atoms with van der Waals surface area (Å²) in [5.74, 6) is 0.109. The second-order valence-electron chi connectivity index (χ2n) is 4.44. The van der Waals surface area contributed by atoms with Crippen molar-refractivity contribution < 1.29 is 10.2 Å². The minimum atomic E-state index is -0.495. The first-order valence-corrected chi connectivity index (χ1v) is 4.83. The Morgan fingerprint density at radius 2 is 2.00 bits per heavy atom. The van der Waals surface area contributed by atoms with Crippen LogP contribution in [0.2, 0.25) is 0 Å². The lowest BCUT2D eigenvalue weighted by atomic mass is 9.81. The quantitative estimate of drug-likeness (QED) is 0.442. The normalized spacial score (nSPS) is 13.9. The minimum absolute atomic E-state index is 0.0532. The van der Waals surface area contributed by atoms with Gasteiger partial charge in [0.05, 0.1) is 0 Å². The number of hydrogen-bond acceptors (Lipinski definition) is 4. The van der Waals surface area contributed by atoms with E-state index in [4.69, 9.17) is 11.5 Å². The molecule has 0 saturated carbocycles. The first kappa shape index (κ1) is 11.8. The molecule has 15 heavy (non-hydrogen) atoms. The maximum absolute atomic E-state index is 9.65. The van der Waals surface area contributed by atoms with Crippen molar-refractivity contribution in [2.75, 3.05) is 12.3 Å². The number of aliphatic hydroxyl groups is 1. The van der Waals surface area contributed by atoms with Crippen molar-refractivity contribution in [2.45, 2.75) is 19.9 Å². The largest absolute Gasteiger partial charge is 0.508 e. The molecule has 0 aliphatic carbocycles. The van der Waals surface area contributed by atoms with Crippen molar-refractivity contribution in [3.8, 4) is 5.75 Å². The molecule has 0 saturated heterocycles. The fourth-order valence-electron chi connectivity index (χ4n) is 1.34. The monoisotopic (exact) mass is 210 g/mol. The molecular weight excluding hydrogens is 192 g/mol. The van der Waals surface area contributed by atoms with Crippen LogP contribution in [0, 0.1) is 5.41 Å². The Balaban J connectivity index is 3.10. The van der Waals surface area contributed by atoms with Crippen LogP contribution in [0.5, 0.6) is 5.75 Å². The maximum atomic E-state index is 9.65. The number of nitrogen functional groups attached to an aromatic ring is 1. The third-order valence-corrected chi connectivity index (χ3v) is 2.64. The molecule has 0 unspecified atom stereocenters. The highest BCUT2D eigenvalue weighted by molar-refractivity contribution is 5.48. The van der Waals surface area contributed by atoms with Gasteiger partial charge in [-0.25, -0.2) is 0 Å². The molecule has 4 heteroatoms. The van der Waals surface area contributed by atoms with E-state index in [9.17, 15) is 10.2 Å². The van der Waals surface area contributed by atoms with Crippen LogP contribution in [0.25, 0.3) is 0 Å². The van der Waals surface area contributed by atoms with Gasteiger partial charge in [-0.1, -0.05) is 13.8 Å². The van der Waals surface area contributed by atoms with E-state index < -0.39 is 11.5 Å². The summed E-state index contributed by atoms with van der Waals surface area (Å²) >= 11 is 0. The van der Waals surface area contributed by atoms with Gasteiger partial charge in [-0.15, -0.1) is 0 Å². The van der Waals surface area contributed by atoms with E-state index in [1.54, 1.807) is 12.1 Å². The molecule has 1 atom stereocenters. The van der Waals surface area contributed by atoms with Gasteiger partial charge in [0.25, 0.3) is 0 Å². The van der Waals surface area contributed by atoms with E-state index in [0.29, 0.717) is 11.3 Å². The Bertz CT molecular complexity index is 350. The lowest BCUT2D eigenvalue weighted by molar-refractivity contribution is 0.131.